The molecule has 0 saturated heterocycles. The van der Waals surface area contributed by atoms with E-state index in [4.69, 9.17) is 0 Å². The van der Waals surface area contributed by atoms with Gasteiger partial charge in [-0.25, -0.2) is 5.10 Å². The lowest BCUT2D eigenvalue weighted by molar-refractivity contribution is -0.658. The maximum atomic E-state index is 13.3. The molecular formula is C21H22N7O+. The lowest BCUT2D eigenvalue weighted by Gasteiger charge is -2.22. The van der Waals surface area contributed by atoms with Crippen molar-refractivity contribution in [3.63, 3.8) is 0 Å². The Labute approximate surface area is 168 Å². The maximum absolute atomic E-state index is 13.3. The van der Waals surface area contributed by atoms with E-state index in [-0.39, 0.29) is 5.91 Å². The SMILES string of the molecule is Cc1cc(CN(Cc2ccccn2)C(=O)c2ccc(-[n+]3ccc[nH]3)nc2)n(C)n1. The van der Waals surface area contributed by atoms with Crippen LogP contribution in [-0.4, -0.2) is 35.7 Å². The second kappa shape index (κ2) is 8.05. The van der Waals surface area contributed by atoms with Crippen molar-refractivity contribution in [2.45, 2.75) is 20.0 Å². The topological polar surface area (TPSA) is 83.6 Å². The van der Waals surface area contributed by atoms with E-state index in [0.29, 0.717) is 24.5 Å². The van der Waals surface area contributed by atoms with Gasteiger partial charge >= 0.3 is 5.82 Å². The highest BCUT2D eigenvalue weighted by atomic mass is 16.2. The maximum Gasteiger partial charge on any atom is 0.346 e. The summed E-state index contributed by atoms with van der Waals surface area (Å²) in [5.74, 6) is 0.607. The molecule has 0 aliphatic carbocycles. The minimum atomic E-state index is -0.106. The van der Waals surface area contributed by atoms with Gasteiger partial charge in [-0.3, -0.25) is 14.5 Å². The summed E-state index contributed by atoms with van der Waals surface area (Å²) in [4.78, 5) is 23.8. The molecule has 0 atom stereocenters. The van der Waals surface area contributed by atoms with Crippen molar-refractivity contribution in [1.29, 1.82) is 0 Å². The summed E-state index contributed by atoms with van der Waals surface area (Å²) in [6.45, 7) is 2.77. The molecule has 8 nitrogen and oxygen atoms in total. The number of aromatic nitrogens is 6. The van der Waals surface area contributed by atoms with Gasteiger partial charge in [0.15, 0.2) is 6.20 Å². The molecule has 29 heavy (non-hydrogen) atoms. The average molecular weight is 388 g/mol. The Kier molecular flexibility index (Phi) is 5.15. The minimum Gasteiger partial charge on any atom is -0.327 e. The van der Waals surface area contributed by atoms with Crippen LogP contribution < -0.4 is 4.68 Å². The second-order valence-corrected chi connectivity index (χ2v) is 6.80. The molecule has 0 aromatic carbocycles. The van der Waals surface area contributed by atoms with Crippen LogP contribution in [0, 0.1) is 6.92 Å². The zero-order chi connectivity index (χ0) is 20.2. The van der Waals surface area contributed by atoms with Crippen LogP contribution in [0.3, 0.4) is 0 Å². The van der Waals surface area contributed by atoms with Crippen molar-refractivity contribution in [2.24, 2.45) is 7.05 Å². The van der Waals surface area contributed by atoms with Gasteiger partial charge in [-0.1, -0.05) is 6.07 Å². The van der Waals surface area contributed by atoms with Crippen LogP contribution in [0.2, 0.25) is 0 Å². The van der Waals surface area contributed by atoms with Gasteiger partial charge in [-0.15, -0.1) is 4.68 Å². The number of carbonyl (C=O) groups is 1. The van der Waals surface area contributed by atoms with Crippen LogP contribution in [0.15, 0.2) is 67.3 Å². The number of nitrogens with zero attached hydrogens (tertiary/aromatic N) is 6. The second-order valence-electron chi connectivity index (χ2n) is 6.80. The quantitative estimate of drug-likeness (QED) is 0.512. The molecular weight excluding hydrogens is 366 g/mol. The van der Waals surface area contributed by atoms with Crippen LogP contribution in [0.1, 0.15) is 27.4 Å². The number of aryl methyl sites for hydroxylation is 2. The van der Waals surface area contributed by atoms with Crippen LogP contribution >= 0.6 is 0 Å². The number of aromatic amines is 1. The molecule has 1 amide bonds. The van der Waals surface area contributed by atoms with E-state index in [1.165, 1.54) is 0 Å². The number of hydrogen-bond acceptors (Lipinski definition) is 4. The lowest BCUT2D eigenvalue weighted by atomic mass is 10.2. The van der Waals surface area contributed by atoms with Gasteiger partial charge in [0.05, 0.1) is 35.7 Å². The van der Waals surface area contributed by atoms with E-state index in [0.717, 1.165) is 17.1 Å². The lowest BCUT2D eigenvalue weighted by Crippen LogP contribution is -2.34. The summed E-state index contributed by atoms with van der Waals surface area (Å²) < 4.78 is 3.58. The number of carbonyl (C=O) groups excluding carboxylic acids is 1. The zero-order valence-corrected chi connectivity index (χ0v) is 16.4. The zero-order valence-electron chi connectivity index (χ0n) is 16.4. The minimum absolute atomic E-state index is 0.106. The molecule has 0 spiro atoms. The molecule has 0 fully saturated rings. The van der Waals surface area contributed by atoms with Gasteiger partial charge in [-0.2, -0.15) is 5.10 Å². The highest BCUT2D eigenvalue weighted by Crippen LogP contribution is 2.14. The van der Waals surface area contributed by atoms with Gasteiger partial charge in [0.2, 0.25) is 0 Å². The third kappa shape index (κ3) is 4.21. The monoisotopic (exact) mass is 388 g/mol. The van der Waals surface area contributed by atoms with Gasteiger partial charge in [0.25, 0.3) is 5.91 Å². The summed E-state index contributed by atoms with van der Waals surface area (Å²) in [5.41, 5.74) is 3.22. The van der Waals surface area contributed by atoms with Crippen LogP contribution in [0.5, 0.6) is 0 Å². The first-order valence-corrected chi connectivity index (χ1v) is 9.30. The summed E-state index contributed by atoms with van der Waals surface area (Å²) in [6, 6.07) is 13.2. The molecule has 0 bridgehead atoms. The first-order valence-electron chi connectivity index (χ1n) is 9.30. The van der Waals surface area contributed by atoms with Crippen LogP contribution in [0.25, 0.3) is 5.82 Å². The predicted molar refractivity (Wildman–Crippen MR) is 106 cm³/mol. The number of hydrogen-bond donors (Lipinski definition) is 1. The van der Waals surface area contributed by atoms with E-state index in [9.17, 15) is 4.79 Å². The summed E-state index contributed by atoms with van der Waals surface area (Å²) in [7, 11) is 1.88. The third-order valence-corrected chi connectivity index (χ3v) is 4.60. The van der Waals surface area contributed by atoms with Crippen LogP contribution in [0.4, 0.5) is 0 Å². The Morgan fingerprint density at radius 1 is 1.17 bits per heavy atom. The standard InChI is InChI=1S/C21H21N7O/c1-16-12-19(26(2)25-16)15-27(14-18-6-3-4-9-22-18)21(29)17-7-8-20(23-13-17)28-11-5-10-24-28/h3-13H,14-15H2,1-2H3/p+1. The summed E-state index contributed by atoms with van der Waals surface area (Å²) in [5, 5.41) is 7.43. The Morgan fingerprint density at radius 3 is 2.69 bits per heavy atom. The Bertz CT molecular complexity index is 1090. The van der Waals surface area contributed by atoms with Gasteiger partial charge in [0, 0.05) is 25.5 Å². The largest absolute Gasteiger partial charge is 0.346 e. The van der Waals surface area contributed by atoms with Crippen LogP contribution in [-0.2, 0) is 20.1 Å². The van der Waals surface area contributed by atoms with Crippen molar-refractivity contribution in [1.82, 2.24) is 29.7 Å². The normalized spacial score (nSPS) is 10.8. The summed E-state index contributed by atoms with van der Waals surface area (Å²) in [6.07, 6.45) is 7.01. The van der Waals surface area contributed by atoms with Crippen molar-refractivity contribution >= 4 is 5.91 Å². The average Bonchev–Trinajstić information content (AvgIpc) is 3.38. The number of H-pyrrole nitrogens is 1. The van der Waals surface area contributed by atoms with Crippen molar-refractivity contribution in [2.75, 3.05) is 0 Å². The fourth-order valence-corrected chi connectivity index (χ4v) is 3.17. The fourth-order valence-electron chi connectivity index (χ4n) is 3.17. The molecule has 0 aliphatic heterocycles. The fraction of sp³-hybridized carbons (Fsp3) is 0.190. The molecule has 0 saturated carbocycles. The highest BCUT2D eigenvalue weighted by Gasteiger charge is 2.21. The molecule has 8 heteroatoms. The smallest absolute Gasteiger partial charge is 0.327 e. The van der Waals surface area contributed by atoms with Crippen molar-refractivity contribution < 1.29 is 9.48 Å². The van der Waals surface area contributed by atoms with Gasteiger partial charge in [0.1, 0.15) is 6.20 Å². The molecule has 4 heterocycles. The number of nitrogens with one attached hydrogen (secondary N) is 1. The first kappa shape index (κ1) is 18.5. The van der Waals surface area contributed by atoms with E-state index in [2.05, 4.69) is 20.2 Å². The Morgan fingerprint density at radius 2 is 2.07 bits per heavy atom. The Hall–Kier alpha value is -3.81. The van der Waals surface area contributed by atoms with E-state index >= 15 is 0 Å². The molecule has 4 aromatic heterocycles. The molecule has 0 radical (unpaired) electrons. The predicted octanol–water partition coefficient (Wildman–Crippen LogP) is 1.97. The number of pyridine rings is 2. The first-order chi connectivity index (χ1) is 14.1. The van der Waals surface area contributed by atoms with E-state index < -0.39 is 0 Å². The van der Waals surface area contributed by atoms with Crippen molar-refractivity contribution in [3.8, 4) is 5.82 Å². The molecule has 146 valence electrons. The van der Waals surface area contributed by atoms with Gasteiger partial charge in [-0.05, 0) is 42.2 Å². The molecule has 4 aromatic rings. The van der Waals surface area contributed by atoms with Crippen molar-refractivity contribution in [3.05, 3.63) is 89.9 Å². The summed E-state index contributed by atoms with van der Waals surface area (Å²) >= 11 is 0. The molecule has 1 N–H and O–H groups in total. The molecule has 4 rings (SSSR count). The molecule has 0 unspecified atom stereocenters. The molecule has 0 aliphatic rings. The number of amides is 1. The highest BCUT2D eigenvalue weighted by molar-refractivity contribution is 5.93. The van der Waals surface area contributed by atoms with Gasteiger partial charge < -0.3 is 4.90 Å². The third-order valence-electron chi connectivity index (χ3n) is 4.60. The van der Waals surface area contributed by atoms with E-state index in [1.54, 1.807) is 32.7 Å². The van der Waals surface area contributed by atoms with E-state index in [1.807, 2.05) is 62.8 Å². The number of rotatable bonds is 6. The Balaban J connectivity index is 1.60.